The monoisotopic (exact) mass is 259 g/mol. The molecule has 0 radical (unpaired) electrons. The first-order chi connectivity index (χ1) is 8.41. The first-order valence-corrected chi connectivity index (χ1v) is 5.64. The number of nitrogens with two attached hydrogens (primary N) is 1. The van der Waals surface area contributed by atoms with Crippen molar-refractivity contribution in [3.63, 3.8) is 0 Å². The van der Waals surface area contributed by atoms with Crippen molar-refractivity contribution in [1.29, 1.82) is 0 Å². The van der Waals surface area contributed by atoms with Crippen LogP contribution >= 0.6 is 0 Å². The van der Waals surface area contributed by atoms with E-state index in [1.54, 1.807) is 0 Å². The Morgan fingerprint density at radius 1 is 1.44 bits per heavy atom. The number of urea groups is 1. The lowest BCUT2D eigenvalue weighted by Gasteiger charge is -2.31. The molecule has 1 rings (SSSR count). The van der Waals surface area contributed by atoms with E-state index in [-0.39, 0.29) is 19.0 Å². The lowest BCUT2D eigenvalue weighted by atomic mass is 9.98. The van der Waals surface area contributed by atoms with Crippen LogP contribution in [0.4, 0.5) is 4.79 Å². The van der Waals surface area contributed by atoms with Gasteiger partial charge in [0, 0.05) is 13.1 Å². The molecule has 102 valence electrons. The molecule has 1 fully saturated rings. The number of aliphatic carboxylic acids is 1. The van der Waals surface area contributed by atoms with Gasteiger partial charge < -0.3 is 26.2 Å². The topological polar surface area (TPSA) is 133 Å². The molecule has 0 aromatic rings. The number of hydrogen-bond donors (Lipinski definition) is 4. The average Bonchev–Trinajstić information content (AvgIpc) is 2.35. The zero-order chi connectivity index (χ0) is 13.7. The fourth-order valence-corrected chi connectivity index (χ4v) is 1.78. The predicted molar refractivity (Wildman–Crippen MR) is 60.5 cm³/mol. The molecule has 1 heterocycles. The summed E-state index contributed by atoms with van der Waals surface area (Å²) in [6.45, 7) is 0.342. The number of hydrogen-bond acceptors (Lipinski definition) is 4. The molecule has 8 heteroatoms. The van der Waals surface area contributed by atoms with Gasteiger partial charge >= 0.3 is 12.0 Å². The van der Waals surface area contributed by atoms with Crippen molar-refractivity contribution < 1.29 is 24.6 Å². The number of rotatable bonds is 4. The third kappa shape index (κ3) is 3.88. The summed E-state index contributed by atoms with van der Waals surface area (Å²) >= 11 is 0. The normalized spacial score (nSPS) is 21.2. The molecule has 0 aromatic heterocycles. The Morgan fingerprint density at radius 3 is 2.67 bits per heavy atom. The van der Waals surface area contributed by atoms with E-state index in [4.69, 9.17) is 15.9 Å². The maximum Gasteiger partial charge on any atom is 0.334 e. The van der Waals surface area contributed by atoms with Crippen LogP contribution in [0.15, 0.2) is 0 Å². The molecule has 5 N–H and O–H groups in total. The summed E-state index contributed by atoms with van der Waals surface area (Å²) in [7, 11) is 0. The SMILES string of the molecule is NC(=O)C1CCCN(C(=O)NC[C@H](O)C(=O)O)C1. The highest BCUT2D eigenvalue weighted by Crippen LogP contribution is 2.15. The largest absolute Gasteiger partial charge is 0.479 e. The van der Waals surface area contributed by atoms with Crippen molar-refractivity contribution in [3.05, 3.63) is 0 Å². The Kier molecular flexibility index (Phi) is 4.90. The molecule has 0 aliphatic carbocycles. The number of aliphatic hydroxyl groups excluding tert-OH is 1. The molecular formula is C10H17N3O5. The molecule has 1 saturated heterocycles. The number of nitrogens with zero attached hydrogens (tertiary/aromatic N) is 1. The summed E-state index contributed by atoms with van der Waals surface area (Å²) in [6.07, 6.45) is -0.315. The van der Waals surface area contributed by atoms with Gasteiger partial charge in [0.05, 0.1) is 12.5 Å². The second-order valence-electron chi connectivity index (χ2n) is 4.23. The van der Waals surface area contributed by atoms with E-state index in [2.05, 4.69) is 5.32 Å². The van der Waals surface area contributed by atoms with Crippen molar-refractivity contribution in [3.8, 4) is 0 Å². The van der Waals surface area contributed by atoms with Crippen molar-refractivity contribution in [2.24, 2.45) is 11.7 Å². The molecule has 0 bridgehead atoms. The summed E-state index contributed by atoms with van der Waals surface area (Å²) in [6, 6.07) is -0.499. The first kappa shape index (κ1) is 14.2. The second-order valence-corrected chi connectivity index (χ2v) is 4.23. The zero-order valence-corrected chi connectivity index (χ0v) is 9.83. The number of primary amides is 1. The van der Waals surface area contributed by atoms with Gasteiger partial charge in [-0.15, -0.1) is 0 Å². The average molecular weight is 259 g/mol. The number of carboxylic acids is 1. The van der Waals surface area contributed by atoms with Gasteiger partial charge in [-0.3, -0.25) is 4.79 Å². The van der Waals surface area contributed by atoms with E-state index >= 15 is 0 Å². The van der Waals surface area contributed by atoms with E-state index in [1.165, 1.54) is 4.90 Å². The van der Waals surface area contributed by atoms with Crippen molar-refractivity contribution in [2.75, 3.05) is 19.6 Å². The fourth-order valence-electron chi connectivity index (χ4n) is 1.78. The van der Waals surface area contributed by atoms with E-state index in [1.807, 2.05) is 0 Å². The van der Waals surface area contributed by atoms with Gasteiger partial charge in [0.25, 0.3) is 0 Å². The number of amides is 3. The molecule has 0 aromatic carbocycles. The lowest BCUT2D eigenvalue weighted by Crippen LogP contribution is -2.50. The summed E-state index contributed by atoms with van der Waals surface area (Å²) in [5.74, 6) is -2.21. The van der Waals surface area contributed by atoms with Gasteiger partial charge in [0.15, 0.2) is 6.10 Å². The van der Waals surface area contributed by atoms with Crippen molar-refractivity contribution in [2.45, 2.75) is 18.9 Å². The molecular weight excluding hydrogens is 242 g/mol. The van der Waals surface area contributed by atoms with Gasteiger partial charge in [-0.1, -0.05) is 0 Å². The minimum absolute atomic E-state index is 0.227. The smallest absolute Gasteiger partial charge is 0.334 e. The maximum atomic E-state index is 11.7. The third-order valence-corrected chi connectivity index (χ3v) is 2.84. The highest BCUT2D eigenvalue weighted by atomic mass is 16.4. The second kappa shape index (κ2) is 6.20. The minimum Gasteiger partial charge on any atom is -0.479 e. The van der Waals surface area contributed by atoms with Crippen molar-refractivity contribution in [1.82, 2.24) is 10.2 Å². The van der Waals surface area contributed by atoms with Crippen LogP contribution in [0.25, 0.3) is 0 Å². The van der Waals surface area contributed by atoms with Gasteiger partial charge in [-0.05, 0) is 12.8 Å². The summed E-state index contributed by atoms with van der Waals surface area (Å²) in [4.78, 5) is 34.4. The summed E-state index contributed by atoms with van der Waals surface area (Å²) in [5.41, 5.74) is 5.18. The van der Waals surface area contributed by atoms with Crippen molar-refractivity contribution >= 4 is 17.9 Å². The number of aliphatic hydroxyl groups is 1. The molecule has 8 nitrogen and oxygen atoms in total. The Labute approximate surface area is 104 Å². The van der Waals surface area contributed by atoms with Crippen LogP contribution in [0.5, 0.6) is 0 Å². The van der Waals surface area contributed by atoms with E-state index < -0.39 is 24.0 Å². The molecule has 1 aliphatic heterocycles. The summed E-state index contributed by atoms with van der Waals surface area (Å²) in [5, 5.41) is 19.7. The van der Waals surface area contributed by atoms with Crippen LogP contribution in [0.2, 0.25) is 0 Å². The van der Waals surface area contributed by atoms with Gasteiger partial charge in [-0.25, -0.2) is 9.59 Å². The summed E-state index contributed by atoms with van der Waals surface area (Å²) < 4.78 is 0. The molecule has 2 atom stereocenters. The van der Waals surface area contributed by atoms with Crippen LogP contribution in [-0.2, 0) is 9.59 Å². The highest BCUT2D eigenvalue weighted by molar-refractivity contribution is 5.80. The number of nitrogens with one attached hydrogen (secondary N) is 1. The standard InChI is InChI=1S/C10H17N3O5/c11-8(15)6-2-1-3-13(5-6)10(18)12-4-7(14)9(16)17/h6-7,14H,1-5H2,(H2,11,15)(H,12,18)(H,16,17)/t6?,7-/m0/s1. The van der Waals surface area contributed by atoms with E-state index in [9.17, 15) is 14.4 Å². The highest BCUT2D eigenvalue weighted by Gasteiger charge is 2.27. The number of carbonyl (C=O) groups excluding carboxylic acids is 2. The first-order valence-electron chi connectivity index (χ1n) is 5.64. The third-order valence-electron chi connectivity index (χ3n) is 2.84. The van der Waals surface area contributed by atoms with Crippen LogP contribution in [-0.4, -0.2) is 58.8 Å². The van der Waals surface area contributed by atoms with Crippen LogP contribution < -0.4 is 11.1 Å². The molecule has 18 heavy (non-hydrogen) atoms. The van der Waals surface area contributed by atoms with E-state index in [0.717, 1.165) is 0 Å². The molecule has 1 unspecified atom stereocenters. The maximum absolute atomic E-state index is 11.7. The quantitative estimate of drug-likeness (QED) is 0.479. The Bertz CT molecular complexity index is 346. The minimum atomic E-state index is -1.63. The molecule has 3 amide bonds. The number of carboxylic acid groups (broad SMARTS) is 1. The number of carbonyl (C=O) groups is 3. The Balaban J connectivity index is 2.42. The van der Waals surface area contributed by atoms with Crippen LogP contribution in [0, 0.1) is 5.92 Å². The molecule has 0 spiro atoms. The van der Waals surface area contributed by atoms with Crippen LogP contribution in [0.1, 0.15) is 12.8 Å². The van der Waals surface area contributed by atoms with Gasteiger partial charge in [-0.2, -0.15) is 0 Å². The lowest BCUT2D eigenvalue weighted by molar-refractivity contribution is -0.146. The van der Waals surface area contributed by atoms with Gasteiger partial charge in [0.1, 0.15) is 0 Å². The number of likely N-dealkylation sites (tertiary alicyclic amines) is 1. The van der Waals surface area contributed by atoms with E-state index in [0.29, 0.717) is 19.4 Å². The molecule has 0 saturated carbocycles. The van der Waals surface area contributed by atoms with Crippen LogP contribution in [0.3, 0.4) is 0 Å². The fraction of sp³-hybridized carbons (Fsp3) is 0.700. The molecule has 1 aliphatic rings. The zero-order valence-electron chi connectivity index (χ0n) is 9.83. The Morgan fingerprint density at radius 2 is 2.11 bits per heavy atom. The Hall–Kier alpha value is -1.83. The van der Waals surface area contributed by atoms with Gasteiger partial charge in [0.2, 0.25) is 5.91 Å². The predicted octanol–water partition coefficient (Wildman–Crippen LogP) is -1.66. The number of piperidine rings is 1.